The van der Waals surface area contributed by atoms with Gasteiger partial charge in [0.05, 0.1) is 5.92 Å². The monoisotopic (exact) mass is 280 g/mol. The largest absolute Gasteiger partial charge is 0.481 e. The van der Waals surface area contributed by atoms with Crippen LogP contribution in [0.3, 0.4) is 0 Å². The minimum Gasteiger partial charge on any atom is -0.481 e. The number of amides is 1. The summed E-state index contributed by atoms with van der Waals surface area (Å²) in [7, 11) is 0. The van der Waals surface area contributed by atoms with Crippen molar-refractivity contribution in [3.63, 3.8) is 0 Å². The Balaban J connectivity index is 1.38. The summed E-state index contributed by atoms with van der Waals surface area (Å²) in [6.45, 7) is 3.05. The fourth-order valence-corrected chi connectivity index (χ4v) is 3.63. The van der Waals surface area contributed by atoms with Gasteiger partial charge in [0, 0.05) is 25.0 Å². The molecule has 5 nitrogen and oxygen atoms in total. The molecule has 0 aromatic carbocycles. The quantitative estimate of drug-likeness (QED) is 0.791. The first-order valence-electron chi connectivity index (χ1n) is 7.88. The normalized spacial score (nSPS) is 34.3. The van der Waals surface area contributed by atoms with Crippen molar-refractivity contribution in [2.45, 2.75) is 44.6 Å². The topological polar surface area (TPSA) is 69.6 Å². The Morgan fingerprint density at radius 1 is 1.10 bits per heavy atom. The molecule has 0 aromatic rings. The summed E-state index contributed by atoms with van der Waals surface area (Å²) in [5.41, 5.74) is 0. The summed E-state index contributed by atoms with van der Waals surface area (Å²) in [4.78, 5) is 25.5. The molecule has 3 atom stereocenters. The van der Waals surface area contributed by atoms with E-state index >= 15 is 0 Å². The molecule has 0 bridgehead atoms. The molecule has 3 rings (SSSR count). The van der Waals surface area contributed by atoms with Crippen LogP contribution in [0, 0.1) is 17.8 Å². The highest BCUT2D eigenvalue weighted by Gasteiger charge is 2.36. The molecule has 2 saturated carbocycles. The fraction of sp³-hybridized carbons (Fsp3) is 0.867. The van der Waals surface area contributed by atoms with E-state index < -0.39 is 5.97 Å². The maximum absolute atomic E-state index is 12.1. The molecule has 2 aliphatic carbocycles. The summed E-state index contributed by atoms with van der Waals surface area (Å²) in [6, 6.07) is 0.821. The Labute approximate surface area is 119 Å². The van der Waals surface area contributed by atoms with Gasteiger partial charge in [-0.3, -0.25) is 9.59 Å². The van der Waals surface area contributed by atoms with Crippen LogP contribution < -0.4 is 5.32 Å². The number of aliphatic carboxylic acids is 1. The fourth-order valence-electron chi connectivity index (χ4n) is 3.63. The molecule has 0 radical (unpaired) electrons. The molecule has 1 aliphatic heterocycles. The lowest BCUT2D eigenvalue weighted by Gasteiger charge is -2.16. The molecule has 112 valence electrons. The van der Waals surface area contributed by atoms with Crippen LogP contribution in [-0.2, 0) is 9.59 Å². The van der Waals surface area contributed by atoms with Crippen LogP contribution in [0.1, 0.15) is 38.5 Å². The second kappa shape index (κ2) is 5.72. The number of hydrogen-bond acceptors (Lipinski definition) is 3. The van der Waals surface area contributed by atoms with E-state index in [0.717, 1.165) is 25.6 Å². The molecule has 0 aromatic heterocycles. The van der Waals surface area contributed by atoms with Crippen LogP contribution in [0.5, 0.6) is 0 Å². The van der Waals surface area contributed by atoms with Gasteiger partial charge in [-0.2, -0.15) is 0 Å². The Morgan fingerprint density at radius 2 is 1.85 bits per heavy atom. The number of carboxylic acid groups (broad SMARTS) is 1. The van der Waals surface area contributed by atoms with E-state index in [0.29, 0.717) is 18.8 Å². The number of nitrogens with one attached hydrogen (secondary N) is 1. The zero-order valence-corrected chi connectivity index (χ0v) is 11.9. The van der Waals surface area contributed by atoms with Crippen molar-refractivity contribution in [2.24, 2.45) is 17.8 Å². The molecule has 20 heavy (non-hydrogen) atoms. The van der Waals surface area contributed by atoms with Crippen LogP contribution in [0.2, 0.25) is 0 Å². The predicted molar refractivity (Wildman–Crippen MR) is 74.2 cm³/mol. The van der Waals surface area contributed by atoms with E-state index in [1.54, 1.807) is 0 Å². The van der Waals surface area contributed by atoms with Gasteiger partial charge in [-0.05, 0) is 51.0 Å². The number of carboxylic acids is 1. The van der Waals surface area contributed by atoms with E-state index in [2.05, 4.69) is 10.2 Å². The molecule has 2 N–H and O–H groups in total. The molecule has 5 heteroatoms. The third-order valence-electron chi connectivity index (χ3n) is 5.10. The lowest BCUT2D eigenvalue weighted by molar-refractivity contribution is -0.141. The zero-order chi connectivity index (χ0) is 14.1. The molecule has 1 saturated heterocycles. The van der Waals surface area contributed by atoms with E-state index in [9.17, 15) is 9.59 Å². The maximum Gasteiger partial charge on any atom is 0.306 e. The smallest absolute Gasteiger partial charge is 0.306 e. The summed E-state index contributed by atoms with van der Waals surface area (Å²) in [5, 5.41) is 12.0. The molecular formula is C15H24N2O3. The SMILES string of the molecule is O=C(O)C1CCC(C(=O)NCC2CCN(C3CC3)C2)C1. The number of rotatable bonds is 5. The van der Waals surface area contributed by atoms with Crippen LogP contribution in [0.25, 0.3) is 0 Å². The van der Waals surface area contributed by atoms with Crippen molar-refractivity contribution in [3.05, 3.63) is 0 Å². The van der Waals surface area contributed by atoms with Gasteiger partial charge in [-0.25, -0.2) is 0 Å². The van der Waals surface area contributed by atoms with Gasteiger partial charge in [0.15, 0.2) is 0 Å². The van der Waals surface area contributed by atoms with Gasteiger partial charge < -0.3 is 15.3 Å². The average Bonchev–Trinajstić information content (AvgIpc) is 2.98. The number of likely N-dealkylation sites (tertiary alicyclic amines) is 1. The average molecular weight is 280 g/mol. The third kappa shape index (κ3) is 3.14. The second-order valence-electron chi connectivity index (χ2n) is 6.67. The number of carbonyl (C=O) groups excluding carboxylic acids is 1. The Bertz CT molecular complexity index is 395. The summed E-state index contributed by atoms with van der Waals surface area (Å²) in [5.74, 6) is -0.509. The van der Waals surface area contributed by atoms with E-state index in [4.69, 9.17) is 5.11 Å². The lowest BCUT2D eigenvalue weighted by atomic mass is 10.0. The maximum atomic E-state index is 12.1. The van der Waals surface area contributed by atoms with Crippen molar-refractivity contribution in [2.75, 3.05) is 19.6 Å². The van der Waals surface area contributed by atoms with Crippen LogP contribution in [0.15, 0.2) is 0 Å². The van der Waals surface area contributed by atoms with Gasteiger partial charge in [-0.15, -0.1) is 0 Å². The van der Waals surface area contributed by atoms with Gasteiger partial charge in [0.25, 0.3) is 0 Å². The number of hydrogen-bond donors (Lipinski definition) is 2. The highest BCUT2D eigenvalue weighted by atomic mass is 16.4. The van der Waals surface area contributed by atoms with Crippen molar-refractivity contribution in [1.29, 1.82) is 0 Å². The van der Waals surface area contributed by atoms with Gasteiger partial charge in [0.1, 0.15) is 0 Å². The first-order chi connectivity index (χ1) is 9.63. The Hall–Kier alpha value is -1.10. The Morgan fingerprint density at radius 3 is 2.50 bits per heavy atom. The highest BCUT2D eigenvalue weighted by molar-refractivity contribution is 5.80. The summed E-state index contributed by atoms with van der Waals surface area (Å²) in [6.07, 6.45) is 5.75. The van der Waals surface area contributed by atoms with Crippen LogP contribution in [0.4, 0.5) is 0 Å². The first-order valence-corrected chi connectivity index (χ1v) is 7.88. The predicted octanol–water partition coefficient (Wildman–Crippen LogP) is 1.09. The molecule has 0 spiro atoms. The molecule has 1 heterocycles. The molecule has 3 fully saturated rings. The van der Waals surface area contributed by atoms with Gasteiger partial charge in [0.2, 0.25) is 5.91 Å². The second-order valence-corrected chi connectivity index (χ2v) is 6.67. The van der Waals surface area contributed by atoms with E-state index in [-0.39, 0.29) is 17.7 Å². The molecule has 1 amide bonds. The van der Waals surface area contributed by atoms with Crippen molar-refractivity contribution in [1.82, 2.24) is 10.2 Å². The van der Waals surface area contributed by atoms with Crippen molar-refractivity contribution >= 4 is 11.9 Å². The number of nitrogens with zero attached hydrogens (tertiary/aromatic N) is 1. The summed E-state index contributed by atoms with van der Waals surface area (Å²) < 4.78 is 0. The third-order valence-corrected chi connectivity index (χ3v) is 5.10. The van der Waals surface area contributed by atoms with Crippen LogP contribution >= 0.6 is 0 Å². The van der Waals surface area contributed by atoms with Gasteiger partial charge >= 0.3 is 5.97 Å². The lowest BCUT2D eigenvalue weighted by Crippen LogP contribution is -2.35. The standard InChI is InChI=1S/C15H24N2O3/c18-14(11-1-2-12(7-11)15(19)20)16-8-10-5-6-17(9-10)13-3-4-13/h10-13H,1-9H2,(H,16,18)(H,19,20). The number of carbonyl (C=O) groups is 2. The van der Waals surface area contributed by atoms with Gasteiger partial charge in [-0.1, -0.05) is 0 Å². The minimum atomic E-state index is -0.754. The molecule has 3 unspecified atom stereocenters. The zero-order valence-electron chi connectivity index (χ0n) is 11.9. The van der Waals surface area contributed by atoms with E-state index in [1.165, 1.54) is 25.8 Å². The Kier molecular flexibility index (Phi) is 3.96. The summed E-state index contributed by atoms with van der Waals surface area (Å²) >= 11 is 0. The van der Waals surface area contributed by atoms with E-state index in [1.807, 2.05) is 0 Å². The first kappa shape index (κ1) is 13.9. The van der Waals surface area contributed by atoms with Crippen molar-refractivity contribution < 1.29 is 14.7 Å². The highest BCUT2D eigenvalue weighted by Crippen LogP contribution is 2.32. The molecular weight excluding hydrogens is 256 g/mol. The molecule has 3 aliphatic rings. The van der Waals surface area contributed by atoms with Crippen LogP contribution in [-0.4, -0.2) is 47.6 Å². The van der Waals surface area contributed by atoms with Crippen molar-refractivity contribution in [3.8, 4) is 0 Å². The minimum absolute atomic E-state index is 0.0682.